The molecular formula is C16H10ClN5S. The van der Waals surface area contributed by atoms with Crippen LogP contribution in [-0.4, -0.2) is 20.0 Å². The number of nitriles is 1. The molecule has 0 saturated heterocycles. The second kappa shape index (κ2) is 5.30. The van der Waals surface area contributed by atoms with Crippen molar-refractivity contribution >= 4 is 44.2 Å². The number of nitrogens with zero attached hydrogens (tertiary/aromatic N) is 5. The summed E-state index contributed by atoms with van der Waals surface area (Å²) in [5, 5.41) is 19.3. The van der Waals surface area contributed by atoms with E-state index in [4.69, 9.17) is 11.6 Å². The molecule has 112 valence electrons. The molecule has 0 aliphatic carbocycles. The van der Waals surface area contributed by atoms with E-state index in [9.17, 15) is 5.26 Å². The van der Waals surface area contributed by atoms with E-state index in [0.29, 0.717) is 10.0 Å². The zero-order valence-electron chi connectivity index (χ0n) is 12.1. The third-order valence-electron chi connectivity index (χ3n) is 3.59. The lowest BCUT2D eigenvalue weighted by Gasteiger charge is -2.06. The molecule has 7 heteroatoms. The summed E-state index contributed by atoms with van der Waals surface area (Å²) in [6, 6.07) is 13.0. The van der Waals surface area contributed by atoms with Crippen molar-refractivity contribution in [1.82, 2.24) is 20.0 Å². The standard InChI is InChI=1S/C16H10ClN5S/c1-9-2-5-13-12(6-9)20-21-22(13)14(8-18)16-19-11-4-3-10(17)7-15(11)23-16/h2-7,14H,1H3. The number of benzene rings is 2. The van der Waals surface area contributed by atoms with Crippen molar-refractivity contribution < 1.29 is 0 Å². The average molecular weight is 340 g/mol. The molecular weight excluding hydrogens is 330 g/mol. The first-order valence-electron chi connectivity index (χ1n) is 6.93. The highest BCUT2D eigenvalue weighted by molar-refractivity contribution is 7.18. The third kappa shape index (κ3) is 2.34. The van der Waals surface area contributed by atoms with Crippen LogP contribution in [-0.2, 0) is 0 Å². The largest absolute Gasteiger partial charge is 0.238 e. The van der Waals surface area contributed by atoms with E-state index in [1.54, 1.807) is 10.7 Å². The van der Waals surface area contributed by atoms with Crippen molar-refractivity contribution in [2.45, 2.75) is 13.0 Å². The molecule has 0 saturated carbocycles. The van der Waals surface area contributed by atoms with E-state index < -0.39 is 6.04 Å². The molecule has 0 aliphatic rings. The Balaban J connectivity index is 1.87. The summed E-state index contributed by atoms with van der Waals surface area (Å²) in [5.74, 6) is 0. The van der Waals surface area contributed by atoms with Crippen LogP contribution in [0.25, 0.3) is 21.3 Å². The normalized spacial score (nSPS) is 12.6. The molecule has 0 N–H and O–H groups in total. The summed E-state index contributed by atoms with van der Waals surface area (Å²) in [6.07, 6.45) is 0. The van der Waals surface area contributed by atoms with Crippen molar-refractivity contribution in [3.05, 3.63) is 52.0 Å². The molecule has 4 aromatic rings. The second-order valence-corrected chi connectivity index (χ2v) is 6.72. The predicted molar refractivity (Wildman–Crippen MR) is 90.6 cm³/mol. The van der Waals surface area contributed by atoms with Gasteiger partial charge in [-0.15, -0.1) is 16.4 Å². The van der Waals surface area contributed by atoms with Gasteiger partial charge in [-0.3, -0.25) is 0 Å². The average Bonchev–Trinajstić information content (AvgIpc) is 3.12. The summed E-state index contributed by atoms with van der Waals surface area (Å²) in [6.45, 7) is 2.00. The molecule has 2 aromatic carbocycles. The lowest BCUT2D eigenvalue weighted by molar-refractivity contribution is 0.610. The quantitative estimate of drug-likeness (QED) is 0.551. The molecule has 0 aliphatic heterocycles. The van der Waals surface area contributed by atoms with Gasteiger partial charge in [0.1, 0.15) is 10.5 Å². The molecule has 5 nitrogen and oxygen atoms in total. The highest BCUT2D eigenvalue weighted by atomic mass is 35.5. The van der Waals surface area contributed by atoms with Gasteiger partial charge in [-0.25, -0.2) is 9.67 Å². The number of fused-ring (bicyclic) bond motifs is 2. The first-order valence-corrected chi connectivity index (χ1v) is 8.12. The van der Waals surface area contributed by atoms with Crippen LogP contribution in [0.1, 0.15) is 16.6 Å². The topological polar surface area (TPSA) is 67.4 Å². The molecule has 0 fully saturated rings. The number of thiazole rings is 1. The van der Waals surface area contributed by atoms with E-state index in [0.717, 1.165) is 26.8 Å². The maximum Gasteiger partial charge on any atom is 0.192 e. The van der Waals surface area contributed by atoms with Crippen molar-refractivity contribution in [3.8, 4) is 6.07 Å². The lowest BCUT2D eigenvalue weighted by atomic mass is 10.2. The summed E-state index contributed by atoms with van der Waals surface area (Å²) in [5.41, 5.74) is 3.52. The fraction of sp³-hybridized carbons (Fsp3) is 0.125. The fourth-order valence-electron chi connectivity index (χ4n) is 2.49. The van der Waals surface area contributed by atoms with E-state index >= 15 is 0 Å². The Morgan fingerprint density at radius 3 is 2.91 bits per heavy atom. The Hall–Kier alpha value is -2.49. The van der Waals surface area contributed by atoms with E-state index in [1.807, 2.05) is 37.3 Å². The first kappa shape index (κ1) is 14.1. The number of aromatic nitrogens is 4. The highest BCUT2D eigenvalue weighted by Gasteiger charge is 2.21. The highest BCUT2D eigenvalue weighted by Crippen LogP contribution is 2.31. The van der Waals surface area contributed by atoms with Gasteiger partial charge in [-0.1, -0.05) is 22.9 Å². The first-order chi connectivity index (χ1) is 11.2. The molecule has 0 spiro atoms. The third-order valence-corrected chi connectivity index (χ3v) is 4.90. The van der Waals surface area contributed by atoms with Crippen LogP contribution in [0.5, 0.6) is 0 Å². The van der Waals surface area contributed by atoms with E-state index in [1.165, 1.54) is 11.3 Å². The number of hydrogen-bond acceptors (Lipinski definition) is 5. The minimum Gasteiger partial charge on any atom is -0.238 e. The smallest absolute Gasteiger partial charge is 0.192 e. The zero-order valence-corrected chi connectivity index (χ0v) is 13.6. The maximum atomic E-state index is 9.65. The van der Waals surface area contributed by atoms with Crippen LogP contribution in [0.4, 0.5) is 0 Å². The van der Waals surface area contributed by atoms with Crippen molar-refractivity contribution in [3.63, 3.8) is 0 Å². The lowest BCUT2D eigenvalue weighted by Crippen LogP contribution is -2.10. The Labute approximate surface area is 140 Å². The molecule has 1 unspecified atom stereocenters. The van der Waals surface area contributed by atoms with Gasteiger partial charge < -0.3 is 0 Å². The Morgan fingerprint density at radius 2 is 2.09 bits per heavy atom. The molecule has 4 rings (SSSR count). The maximum absolute atomic E-state index is 9.65. The Kier molecular flexibility index (Phi) is 3.26. The molecule has 0 radical (unpaired) electrons. The van der Waals surface area contributed by atoms with Crippen LogP contribution in [0.3, 0.4) is 0 Å². The van der Waals surface area contributed by atoms with Gasteiger partial charge in [-0.05, 0) is 42.8 Å². The molecule has 2 aromatic heterocycles. The molecule has 0 bridgehead atoms. The number of aryl methyl sites for hydroxylation is 1. The monoisotopic (exact) mass is 339 g/mol. The van der Waals surface area contributed by atoms with Crippen LogP contribution in [0.15, 0.2) is 36.4 Å². The van der Waals surface area contributed by atoms with E-state index in [-0.39, 0.29) is 0 Å². The van der Waals surface area contributed by atoms with Gasteiger partial charge in [0, 0.05) is 5.02 Å². The minimum atomic E-state index is -0.612. The van der Waals surface area contributed by atoms with Crippen LogP contribution in [0, 0.1) is 18.3 Å². The molecule has 2 heterocycles. The van der Waals surface area contributed by atoms with E-state index in [2.05, 4.69) is 21.4 Å². The zero-order chi connectivity index (χ0) is 16.0. The minimum absolute atomic E-state index is 0.612. The van der Waals surface area contributed by atoms with Crippen molar-refractivity contribution in [2.75, 3.05) is 0 Å². The van der Waals surface area contributed by atoms with Gasteiger partial charge in [0.25, 0.3) is 0 Å². The number of halogens is 1. The molecule has 1 atom stereocenters. The van der Waals surface area contributed by atoms with Crippen LogP contribution in [0.2, 0.25) is 5.02 Å². The summed E-state index contributed by atoms with van der Waals surface area (Å²) in [7, 11) is 0. The Bertz CT molecular complexity index is 1080. The molecule has 0 amide bonds. The van der Waals surface area contributed by atoms with Gasteiger partial charge in [0.15, 0.2) is 6.04 Å². The number of hydrogen-bond donors (Lipinski definition) is 0. The Morgan fingerprint density at radius 1 is 1.22 bits per heavy atom. The van der Waals surface area contributed by atoms with Gasteiger partial charge >= 0.3 is 0 Å². The summed E-state index contributed by atoms with van der Waals surface area (Å²) >= 11 is 7.47. The van der Waals surface area contributed by atoms with Crippen molar-refractivity contribution in [1.29, 1.82) is 5.26 Å². The summed E-state index contributed by atoms with van der Waals surface area (Å²) in [4.78, 5) is 4.55. The fourth-order valence-corrected chi connectivity index (χ4v) is 3.76. The summed E-state index contributed by atoms with van der Waals surface area (Å²) < 4.78 is 2.57. The van der Waals surface area contributed by atoms with Crippen LogP contribution < -0.4 is 0 Å². The van der Waals surface area contributed by atoms with Crippen LogP contribution >= 0.6 is 22.9 Å². The van der Waals surface area contributed by atoms with Crippen molar-refractivity contribution in [2.24, 2.45) is 0 Å². The second-order valence-electron chi connectivity index (χ2n) is 5.22. The van der Waals surface area contributed by atoms with Gasteiger partial charge in [0.05, 0.1) is 21.8 Å². The molecule has 23 heavy (non-hydrogen) atoms. The van der Waals surface area contributed by atoms with Gasteiger partial charge in [-0.2, -0.15) is 5.26 Å². The SMILES string of the molecule is Cc1ccc2c(c1)nnn2C(C#N)c1nc2ccc(Cl)cc2s1. The predicted octanol–water partition coefficient (Wildman–Crippen LogP) is 4.12. The van der Waals surface area contributed by atoms with Gasteiger partial charge in [0.2, 0.25) is 0 Å². The number of rotatable bonds is 2.